The number of hydrogen-bond donors (Lipinski definition) is 2. The van der Waals surface area contributed by atoms with Crippen molar-refractivity contribution < 1.29 is 10.2 Å². The molecular formula is C4H6Br4O2. The van der Waals surface area contributed by atoms with Crippen LogP contribution in [0.3, 0.4) is 0 Å². The van der Waals surface area contributed by atoms with Crippen molar-refractivity contribution in [3.8, 4) is 0 Å². The van der Waals surface area contributed by atoms with Gasteiger partial charge in [0.05, 0.1) is 13.2 Å². The molecule has 0 aliphatic carbocycles. The van der Waals surface area contributed by atoms with E-state index in [1.807, 2.05) is 0 Å². The molecule has 0 saturated heterocycles. The molecule has 0 heterocycles. The first-order chi connectivity index (χ1) is 4.37. The zero-order valence-electron chi connectivity index (χ0n) is 4.82. The monoisotopic (exact) mass is 402 g/mol. The molecule has 0 aromatic carbocycles. The summed E-state index contributed by atoms with van der Waals surface area (Å²) in [6.45, 7) is -0.297. The van der Waals surface area contributed by atoms with Crippen LogP contribution in [0.4, 0.5) is 0 Å². The molecule has 0 aromatic heterocycles. The van der Waals surface area contributed by atoms with E-state index in [0.717, 1.165) is 0 Å². The highest BCUT2D eigenvalue weighted by Crippen LogP contribution is 2.47. The second-order valence-electron chi connectivity index (χ2n) is 1.73. The van der Waals surface area contributed by atoms with Gasteiger partial charge in [-0.05, 0) is 0 Å². The fourth-order valence-corrected chi connectivity index (χ4v) is 0.733. The summed E-state index contributed by atoms with van der Waals surface area (Å²) in [7, 11) is 0. The Morgan fingerprint density at radius 2 is 1.00 bits per heavy atom. The lowest BCUT2D eigenvalue weighted by atomic mass is 10.3. The van der Waals surface area contributed by atoms with Crippen molar-refractivity contribution in [2.24, 2.45) is 0 Å². The third-order valence-electron chi connectivity index (χ3n) is 0.932. The number of aliphatic hydroxyl groups is 2. The molecule has 62 valence electrons. The second-order valence-corrected chi connectivity index (χ2v) is 9.27. The summed E-state index contributed by atoms with van der Waals surface area (Å²) in [5, 5.41) is 17.6. The van der Waals surface area contributed by atoms with Crippen molar-refractivity contribution in [2.75, 3.05) is 13.2 Å². The van der Waals surface area contributed by atoms with Crippen molar-refractivity contribution in [3.05, 3.63) is 0 Å². The molecule has 6 heteroatoms. The average molecular weight is 406 g/mol. The minimum absolute atomic E-state index is 0.149. The van der Waals surface area contributed by atoms with Gasteiger partial charge < -0.3 is 10.2 Å². The zero-order valence-corrected chi connectivity index (χ0v) is 11.2. The molecule has 0 amide bonds. The van der Waals surface area contributed by atoms with Crippen molar-refractivity contribution in [2.45, 2.75) is 6.47 Å². The van der Waals surface area contributed by atoms with Crippen molar-refractivity contribution in [1.29, 1.82) is 0 Å². The molecule has 2 nitrogen and oxygen atoms in total. The van der Waals surface area contributed by atoms with Gasteiger partial charge in [0, 0.05) is 0 Å². The molecule has 0 rings (SSSR count). The van der Waals surface area contributed by atoms with Crippen LogP contribution in [0.1, 0.15) is 0 Å². The lowest BCUT2D eigenvalue weighted by Crippen LogP contribution is -2.40. The molecule has 0 fully saturated rings. The Labute approximate surface area is 92.9 Å². The molecule has 0 saturated carbocycles. The highest BCUT2D eigenvalue weighted by atomic mass is 79.9. The SMILES string of the molecule is OCC(Br)(Br)C(Br)(Br)CO. The maximum Gasteiger partial charge on any atom is 0.131 e. The third kappa shape index (κ3) is 2.71. The first-order valence-corrected chi connectivity index (χ1v) is 5.52. The van der Waals surface area contributed by atoms with Gasteiger partial charge >= 0.3 is 0 Å². The molecule has 0 aromatic rings. The largest absolute Gasteiger partial charge is 0.394 e. The molecule has 0 unspecified atom stereocenters. The summed E-state index contributed by atoms with van der Waals surface area (Å²) >= 11 is 12.7. The summed E-state index contributed by atoms with van der Waals surface area (Å²) in [5.74, 6) is 0. The Bertz CT molecular complexity index is 99.8. The second kappa shape index (κ2) is 4.18. The topological polar surface area (TPSA) is 40.5 Å². The van der Waals surface area contributed by atoms with Gasteiger partial charge in [0.25, 0.3) is 0 Å². The first-order valence-electron chi connectivity index (χ1n) is 2.35. The van der Waals surface area contributed by atoms with Gasteiger partial charge in [-0.3, -0.25) is 0 Å². The van der Waals surface area contributed by atoms with Crippen LogP contribution in [-0.4, -0.2) is 29.9 Å². The molecule has 0 aliphatic rings. The number of rotatable bonds is 3. The Balaban J connectivity index is 4.28. The predicted octanol–water partition coefficient (Wildman–Crippen LogP) is 1.94. The zero-order chi connectivity index (χ0) is 8.41. The van der Waals surface area contributed by atoms with Gasteiger partial charge in [0.1, 0.15) is 6.47 Å². The fourth-order valence-electron chi connectivity index (χ4n) is 0.231. The highest BCUT2D eigenvalue weighted by molar-refractivity contribution is 9.30. The minimum Gasteiger partial charge on any atom is -0.394 e. The normalized spacial score (nSPS) is 13.8. The van der Waals surface area contributed by atoms with E-state index in [-0.39, 0.29) is 13.2 Å². The van der Waals surface area contributed by atoms with Crippen LogP contribution < -0.4 is 0 Å². The van der Waals surface area contributed by atoms with E-state index >= 15 is 0 Å². The minimum atomic E-state index is -0.748. The number of alkyl halides is 4. The Kier molecular flexibility index (Phi) is 4.95. The van der Waals surface area contributed by atoms with Gasteiger partial charge in [0.15, 0.2) is 0 Å². The standard InChI is InChI=1S/C4H6Br4O2/c5-3(6,1-9)4(7,8)2-10/h9-10H,1-2H2. The summed E-state index contributed by atoms with van der Waals surface area (Å²) < 4.78 is -1.50. The van der Waals surface area contributed by atoms with E-state index in [9.17, 15) is 0 Å². The summed E-state index contributed by atoms with van der Waals surface area (Å²) in [5.41, 5.74) is 0. The van der Waals surface area contributed by atoms with Crippen LogP contribution in [0.15, 0.2) is 0 Å². The van der Waals surface area contributed by atoms with Gasteiger partial charge in [-0.1, -0.05) is 63.7 Å². The van der Waals surface area contributed by atoms with E-state index in [4.69, 9.17) is 10.2 Å². The van der Waals surface area contributed by atoms with E-state index in [1.165, 1.54) is 0 Å². The van der Waals surface area contributed by atoms with Crippen LogP contribution in [0.2, 0.25) is 0 Å². The van der Waals surface area contributed by atoms with E-state index < -0.39 is 6.47 Å². The highest BCUT2D eigenvalue weighted by Gasteiger charge is 2.43. The van der Waals surface area contributed by atoms with Crippen molar-refractivity contribution in [1.82, 2.24) is 0 Å². The van der Waals surface area contributed by atoms with Crippen LogP contribution in [0, 0.1) is 0 Å². The quantitative estimate of drug-likeness (QED) is 0.705. The predicted molar refractivity (Wildman–Crippen MR) is 55.3 cm³/mol. The molecule has 0 aliphatic heterocycles. The number of aliphatic hydroxyl groups excluding tert-OH is 2. The van der Waals surface area contributed by atoms with Gasteiger partial charge in [0.2, 0.25) is 0 Å². The molecular weight excluding hydrogens is 400 g/mol. The Morgan fingerprint density at radius 3 is 1.10 bits per heavy atom. The summed E-state index contributed by atoms with van der Waals surface area (Å²) in [6.07, 6.45) is 0. The maximum absolute atomic E-state index is 8.80. The van der Waals surface area contributed by atoms with E-state index in [2.05, 4.69) is 63.7 Å². The van der Waals surface area contributed by atoms with Gasteiger partial charge in [-0.15, -0.1) is 0 Å². The molecule has 0 atom stereocenters. The lowest BCUT2D eigenvalue weighted by Gasteiger charge is -2.30. The fraction of sp³-hybridized carbons (Fsp3) is 1.00. The lowest BCUT2D eigenvalue weighted by molar-refractivity contribution is 0.242. The van der Waals surface area contributed by atoms with E-state index in [0.29, 0.717) is 0 Å². The Morgan fingerprint density at radius 1 is 0.800 bits per heavy atom. The molecule has 0 bridgehead atoms. The molecule has 0 spiro atoms. The number of hydrogen-bond acceptors (Lipinski definition) is 2. The third-order valence-corrected chi connectivity index (χ3v) is 6.77. The van der Waals surface area contributed by atoms with E-state index in [1.54, 1.807) is 0 Å². The van der Waals surface area contributed by atoms with Gasteiger partial charge in [-0.25, -0.2) is 0 Å². The Hall–Kier alpha value is 1.84. The van der Waals surface area contributed by atoms with Crippen LogP contribution in [-0.2, 0) is 0 Å². The smallest absolute Gasteiger partial charge is 0.131 e. The average Bonchev–Trinajstić information content (AvgIpc) is 1.88. The summed E-state index contributed by atoms with van der Waals surface area (Å²) in [6, 6.07) is 0. The molecule has 2 N–H and O–H groups in total. The number of halogens is 4. The van der Waals surface area contributed by atoms with Crippen molar-refractivity contribution in [3.63, 3.8) is 0 Å². The molecule has 0 radical (unpaired) electrons. The molecule has 10 heavy (non-hydrogen) atoms. The van der Waals surface area contributed by atoms with Crippen LogP contribution in [0.25, 0.3) is 0 Å². The van der Waals surface area contributed by atoms with Crippen LogP contribution >= 0.6 is 63.7 Å². The van der Waals surface area contributed by atoms with Gasteiger partial charge in [-0.2, -0.15) is 0 Å². The summed E-state index contributed by atoms with van der Waals surface area (Å²) in [4.78, 5) is 0. The van der Waals surface area contributed by atoms with Crippen molar-refractivity contribution >= 4 is 63.7 Å². The van der Waals surface area contributed by atoms with Crippen LogP contribution in [0.5, 0.6) is 0 Å². The first kappa shape index (κ1) is 11.8. The maximum atomic E-state index is 8.80.